The summed E-state index contributed by atoms with van der Waals surface area (Å²) in [6.45, 7) is 0. The molecule has 0 bridgehead atoms. The smallest absolute Gasteiger partial charge is 0.234 e. The number of primary amides is 1. The molecule has 0 spiro atoms. The predicted octanol–water partition coefficient (Wildman–Crippen LogP) is 2.65. The van der Waals surface area contributed by atoms with Crippen molar-refractivity contribution in [2.75, 3.05) is 0 Å². The molecular weight excluding hydrogens is 332 g/mol. The monoisotopic (exact) mass is 350 g/mol. The normalized spacial score (nSPS) is 11.9. The second kappa shape index (κ2) is 7.92. The third-order valence-corrected chi connectivity index (χ3v) is 4.55. The largest absolute Gasteiger partial charge is 0.368 e. The zero-order valence-electron chi connectivity index (χ0n) is 13.5. The van der Waals surface area contributed by atoms with E-state index >= 15 is 0 Å². The molecule has 1 aromatic heterocycles. The summed E-state index contributed by atoms with van der Waals surface area (Å²) in [4.78, 5) is 20.7. The van der Waals surface area contributed by atoms with Crippen molar-refractivity contribution in [1.29, 1.82) is 0 Å². The molecule has 6 heteroatoms. The van der Waals surface area contributed by atoms with E-state index in [1.165, 1.54) is 11.8 Å². The standard InChI is InChI=1S/C19H18N4OS/c20-17(18(21)24)11-13-4-1-5-14(10-13)15-6-2-7-16(12-15)25-19-22-8-3-9-23-19/h1-10,12,17H,11,20H2,(H2,21,24). The molecule has 3 rings (SSSR count). The van der Waals surface area contributed by atoms with Gasteiger partial charge in [-0.2, -0.15) is 0 Å². The molecule has 0 fully saturated rings. The molecule has 1 amide bonds. The van der Waals surface area contributed by atoms with E-state index in [0.29, 0.717) is 11.6 Å². The van der Waals surface area contributed by atoms with Gasteiger partial charge in [-0.25, -0.2) is 9.97 Å². The number of amides is 1. The average molecular weight is 350 g/mol. The van der Waals surface area contributed by atoms with Crippen molar-refractivity contribution in [2.45, 2.75) is 22.5 Å². The number of hydrogen-bond acceptors (Lipinski definition) is 5. The lowest BCUT2D eigenvalue weighted by molar-refractivity contribution is -0.119. The number of benzene rings is 2. The fraction of sp³-hybridized carbons (Fsp3) is 0.105. The van der Waals surface area contributed by atoms with Crippen LogP contribution in [0.15, 0.2) is 77.0 Å². The second-order valence-corrected chi connectivity index (χ2v) is 6.62. The first-order valence-electron chi connectivity index (χ1n) is 7.81. The highest BCUT2D eigenvalue weighted by Crippen LogP contribution is 2.29. The fourth-order valence-electron chi connectivity index (χ4n) is 2.42. The zero-order valence-corrected chi connectivity index (χ0v) is 14.3. The Labute approximate surface area is 150 Å². The molecule has 5 nitrogen and oxygen atoms in total. The van der Waals surface area contributed by atoms with Crippen molar-refractivity contribution in [3.8, 4) is 11.1 Å². The van der Waals surface area contributed by atoms with Gasteiger partial charge in [0.25, 0.3) is 0 Å². The summed E-state index contributed by atoms with van der Waals surface area (Å²) < 4.78 is 0. The Morgan fingerprint density at radius 1 is 1.00 bits per heavy atom. The van der Waals surface area contributed by atoms with Crippen LogP contribution in [0.3, 0.4) is 0 Å². The third-order valence-electron chi connectivity index (χ3n) is 3.67. The molecule has 25 heavy (non-hydrogen) atoms. The van der Waals surface area contributed by atoms with Gasteiger partial charge in [0.15, 0.2) is 5.16 Å². The molecule has 0 aliphatic carbocycles. The molecule has 0 saturated carbocycles. The Kier molecular flexibility index (Phi) is 5.42. The maximum Gasteiger partial charge on any atom is 0.234 e. The molecule has 1 atom stereocenters. The molecular formula is C19H18N4OS. The van der Waals surface area contributed by atoms with Crippen LogP contribution in [0, 0.1) is 0 Å². The SMILES string of the molecule is NC(=O)C(N)Cc1cccc(-c2cccc(Sc3ncccn3)c2)c1. The second-order valence-electron chi connectivity index (χ2n) is 5.57. The summed E-state index contributed by atoms with van der Waals surface area (Å²) in [5.74, 6) is -0.494. The molecule has 4 N–H and O–H groups in total. The maximum atomic E-state index is 11.2. The van der Waals surface area contributed by atoms with E-state index in [-0.39, 0.29) is 0 Å². The summed E-state index contributed by atoms with van der Waals surface area (Å²) in [5, 5.41) is 0.709. The number of carbonyl (C=O) groups is 1. The van der Waals surface area contributed by atoms with Gasteiger partial charge >= 0.3 is 0 Å². The summed E-state index contributed by atoms with van der Waals surface area (Å²) >= 11 is 1.51. The van der Waals surface area contributed by atoms with Crippen molar-refractivity contribution in [2.24, 2.45) is 11.5 Å². The fourth-order valence-corrected chi connectivity index (χ4v) is 3.19. The summed E-state index contributed by atoms with van der Waals surface area (Å²) in [6.07, 6.45) is 3.88. The van der Waals surface area contributed by atoms with Crippen molar-refractivity contribution < 1.29 is 4.79 Å². The van der Waals surface area contributed by atoms with Crippen LogP contribution >= 0.6 is 11.8 Å². The van der Waals surface area contributed by atoms with Crippen LogP contribution in [0.4, 0.5) is 0 Å². The lowest BCUT2D eigenvalue weighted by atomic mass is 9.99. The maximum absolute atomic E-state index is 11.2. The van der Waals surface area contributed by atoms with Crippen LogP contribution in [-0.4, -0.2) is 21.9 Å². The van der Waals surface area contributed by atoms with E-state index in [2.05, 4.69) is 16.0 Å². The number of aromatic nitrogens is 2. The van der Waals surface area contributed by atoms with E-state index in [4.69, 9.17) is 11.5 Å². The Morgan fingerprint density at radius 2 is 1.68 bits per heavy atom. The van der Waals surface area contributed by atoms with Gasteiger partial charge in [-0.3, -0.25) is 4.79 Å². The van der Waals surface area contributed by atoms with Crippen molar-refractivity contribution in [3.05, 3.63) is 72.6 Å². The molecule has 3 aromatic rings. The number of nitrogens with zero attached hydrogens (tertiary/aromatic N) is 2. The highest BCUT2D eigenvalue weighted by Gasteiger charge is 2.10. The number of nitrogens with two attached hydrogens (primary N) is 2. The molecule has 2 aromatic carbocycles. The van der Waals surface area contributed by atoms with Crippen LogP contribution in [0.5, 0.6) is 0 Å². The lowest BCUT2D eigenvalue weighted by Crippen LogP contribution is -2.38. The van der Waals surface area contributed by atoms with Gasteiger partial charge in [-0.15, -0.1) is 0 Å². The molecule has 1 heterocycles. The Morgan fingerprint density at radius 3 is 2.40 bits per heavy atom. The number of rotatable bonds is 6. The van der Waals surface area contributed by atoms with E-state index in [1.807, 2.05) is 42.5 Å². The first kappa shape index (κ1) is 17.1. The van der Waals surface area contributed by atoms with Crippen LogP contribution in [-0.2, 0) is 11.2 Å². The van der Waals surface area contributed by atoms with Gasteiger partial charge in [0, 0.05) is 17.3 Å². The lowest BCUT2D eigenvalue weighted by Gasteiger charge is -2.10. The highest BCUT2D eigenvalue weighted by molar-refractivity contribution is 7.99. The summed E-state index contributed by atoms with van der Waals surface area (Å²) in [7, 11) is 0. The molecule has 0 saturated heterocycles. The van der Waals surface area contributed by atoms with Crippen molar-refractivity contribution in [3.63, 3.8) is 0 Å². The van der Waals surface area contributed by atoms with Gasteiger partial charge in [-0.1, -0.05) is 36.4 Å². The third kappa shape index (κ3) is 4.65. The van der Waals surface area contributed by atoms with Gasteiger partial charge < -0.3 is 11.5 Å². The van der Waals surface area contributed by atoms with Gasteiger partial charge in [0.2, 0.25) is 5.91 Å². The highest BCUT2D eigenvalue weighted by atomic mass is 32.2. The first-order valence-corrected chi connectivity index (χ1v) is 8.62. The first-order chi connectivity index (χ1) is 12.1. The summed E-state index contributed by atoms with van der Waals surface area (Å²) in [5.41, 5.74) is 14.1. The Hall–Kier alpha value is -2.70. The van der Waals surface area contributed by atoms with Crippen molar-refractivity contribution in [1.82, 2.24) is 9.97 Å². The van der Waals surface area contributed by atoms with Crippen LogP contribution in [0.25, 0.3) is 11.1 Å². The number of hydrogen-bond donors (Lipinski definition) is 2. The van der Waals surface area contributed by atoms with Crippen LogP contribution in [0.2, 0.25) is 0 Å². The summed E-state index contributed by atoms with van der Waals surface area (Å²) in [6, 6.07) is 17.3. The van der Waals surface area contributed by atoms with E-state index in [0.717, 1.165) is 21.6 Å². The predicted molar refractivity (Wildman–Crippen MR) is 98.9 cm³/mol. The van der Waals surface area contributed by atoms with Gasteiger partial charge in [-0.05, 0) is 53.1 Å². The van der Waals surface area contributed by atoms with Crippen LogP contribution < -0.4 is 11.5 Å². The molecule has 0 radical (unpaired) electrons. The van der Waals surface area contributed by atoms with Crippen molar-refractivity contribution >= 4 is 17.7 Å². The van der Waals surface area contributed by atoms with Gasteiger partial charge in [0.05, 0.1) is 6.04 Å². The minimum Gasteiger partial charge on any atom is -0.368 e. The molecule has 1 unspecified atom stereocenters. The van der Waals surface area contributed by atoms with E-state index < -0.39 is 11.9 Å². The van der Waals surface area contributed by atoms with E-state index in [9.17, 15) is 4.79 Å². The minimum atomic E-state index is -0.674. The van der Waals surface area contributed by atoms with Crippen LogP contribution in [0.1, 0.15) is 5.56 Å². The topological polar surface area (TPSA) is 94.9 Å². The minimum absolute atomic E-state index is 0.426. The molecule has 0 aliphatic rings. The zero-order chi connectivity index (χ0) is 17.6. The average Bonchev–Trinajstić information content (AvgIpc) is 2.63. The molecule has 0 aliphatic heterocycles. The Bertz CT molecular complexity index is 870. The number of carbonyl (C=O) groups excluding carboxylic acids is 1. The molecule has 126 valence electrons. The van der Waals surface area contributed by atoms with Gasteiger partial charge in [0.1, 0.15) is 0 Å². The van der Waals surface area contributed by atoms with E-state index in [1.54, 1.807) is 18.5 Å². The Balaban J connectivity index is 1.82. The quantitative estimate of drug-likeness (QED) is 0.667.